The van der Waals surface area contributed by atoms with Crippen molar-refractivity contribution in [1.82, 2.24) is 0 Å². The van der Waals surface area contributed by atoms with Crippen molar-refractivity contribution in [2.45, 2.75) is 39.2 Å². The van der Waals surface area contributed by atoms with E-state index in [0.29, 0.717) is 5.92 Å². The molecular formula is C19H25NO. The lowest BCUT2D eigenvalue weighted by molar-refractivity contribution is 0.396. The standard InChI is InChI=1S/C19H25NO/c1-5-16(15-9-7-6-8-10-15)18(20)17-12-11-13(2)14(3)19(17)21-4/h6-12,16,18H,5,20H2,1-4H3. The first-order chi connectivity index (χ1) is 10.1. The summed E-state index contributed by atoms with van der Waals surface area (Å²) in [6.07, 6.45) is 1.00. The molecule has 0 amide bonds. The summed E-state index contributed by atoms with van der Waals surface area (Å²) in [5, 5.41) is 0. The summed E-state index contributed by atoms with van der Waals surface area (Å²) in [6, 6.07) is 14.7. The molecule has 0 heterocycles. The number of rotatable bonds is 5. The van der Waals surface area contributed by atoms with E-state index in [1.165, 1.54) is 16.7 Å². The first-order valence-electron chi connectivity index (χ1n) is 7.54. The average molecular weight is 283 g/mol. The van der Waals surface area contributed by atoms with Crippen LogP contribution in [-0.2, 0) is 0 Å². The molecule has 21 heavy (non-hydrogen) atoms. The Labute approximate surface area is 127 Å². The van der Waals surface area contributed by atoms with Crippen LogP contribution in [0.4, 0.5) is 0 Å². The fourth-order valence-electron chi connectivity index (χ4n) is 2.96. The van der Waals surface area contributed by atoms with Crippen molar-refractivity contribution in [3.8, 4) is 5.75 Å². The number of hydrogen-bond acceptors (Lipinski definition) is 2. The van der Waals surface area contributed by atoms with E-state index in [9.17, 15) is 0 Å². The highest BCUT2D eigenvalue weighted by Gasteiger charge is 2.23. The van der Waals surface area contributed by atoms with Crippen molar-refractivity contribution in [2.24, 2.45) is 5.73 Å². The van der Waals surface area contributed by atoms with E-state index in [1.54, 1.807) is 7.11 Å². The van der Waals surface area contributed by atoms with Gasteiger partial charge in [0.15, 0.2) is 0 Å². The molecule has 2 aromatic rings. The zero-order valence-corrected chi connectivity index (χ0v) is 13.4. The van der Waals surface area contributed by atoms with E-state index >= 15 is 0 Å². The summed E-state index contributed by atoms with van der Waals surface area (Å²) in [5.41, 5.74) is 11.4. The molecule has 2 rings (SSSR count). The Balaban J connectivity index is 2.43. The number of aryl methyl sites for hydroxylation is 1. The van der Waals surface area contributed by atoms with Gasteiger partial charge >= 0.3 is 0 Å². The van der Waals surface area contributed by atoms with Crippen molar-refractivity contribution >= 4 is 0 Å². The lowest BCUT2D eigenvalue weighted by atomic mass is 9.84. The molecule has 2 unspecified atom stereocenters. The molecule has 112 valence electrons. The van der Waals surface area contributed by atoms with Gasteiger partial charge in [0.1, 0.15) is 5.75 Å². The van der Waals surface area contributed by atoms with E-state index in [4.69, 9.17) is 10.5 Å². The summed E-state index contributed by atoms with van der Waals surface area (Å²) in [7, 11) is 1.72. The van der Waals surface area contributed by atoms with Gasteiger partial charge in [0.25, 0.3) is 0 Å². The topological polar surface area (TPSA) is 35.2 Å². The summed E-state index contributed by atoms with van der Waals surface area (Å²) in [5.74, 6) is 1.22. The van der Waals surface area contributed by atoms with Gasteiger partial charge in [0.2, 0.25) is 0 Å². The number of hydrogen-bond donors (Lipinski definition) is 1. The molecule has 2 N–H and O–H groups in total. The highest BCUT2D eigenvalue weighted by atomic mass is 16.5. The first kappa shape index (κ1) is 15.6. The van der Waals surface area contributed by atoms with Gasteiger partial charge in [-0.05, 0) is 37.0 Å². The minimum Gasteiger partial charge on any atom is -0.496 e. The second-order valence-electron chi connectivity index (χ2n) is 5.58. The molecule has 0 aliphatic heterocycles. The molecule has 0 spiro atoms. The van der Waals surface area contributed by atoms with Gasteiger partial charge in [0.05, 0.1) is 7.11 Å². The third kappa shape index (κ3) is 3.11. The zero-order valence-electron chi connectivity index (χ0n) is 13.4. The number of ether oxygens (including phenoxy) is 1. The van der Waals surface area contributed by atoms with Gasteiger partial charge in [-0.25, -0.2) is 0 Å². The van der Waals surface area contributed by atoms with Crippen LogP contribution in [0.2, 0.25) is 0 Å². The van der Waals surface area contributed by atoms with E-state index in [1.807, 2.05) is 6.07 Å². The van der Waals surface area contributed by atoms with E-state index in [0.717, 1.165) is 17.7 Å². The maximum atomic E-state index is 6.60. The third-order valence-corrected chi connectivity index (χ3v) is 4.37. The van der Waals surface area contributed by atoms with Gasteiger partial charge in [-0.2, -0.15) is 0 Å². The second kappa shape index (κ2) is 6.77. The first-order valence-corrected chi connectivity index (χ1v) is 7.54. The Bertz CT molecular complexity index is 592. The predicted octanol–water partition coefficient (Wildman–Crippen LogP) is 4.51. The Hall–Kier alpha value is -1.80. The number of methoxy groups -OCH3 is 1. The fraction of sp³-hybridized carbons (Fsp3) is 0.368. The predicted molar refractivity (Wildman–Crippen MR) is 88.9 cm³/mol. The van der Waals surface area contributed by atoms with Gasteiger partial charge in [-0.1, -0.05) is 49.4 Å². The molecular weight excluding hydrogens is 258 g/mol. The Morgan fingerprint density at radius 2 is 1.71 bits per heavy atom. The molecule has 0 aromatic heterocycles. The SMILES string of the molecule is CCC(c1ccccc1)C(N)c1ccc(C)c(C)c1OC. The summed E-state index contributed by atoms with van der Waals surface area (Å²) in [4.78, 5) is 0. The van der Waals surface area contributed by atoms with Crippen LogP contribution in [0.3, 0.4) is 0 Å². The quantitative estimate of drug-likeness (QED) is 0.876. The van der Waals surface area contributed by atoms with Gasteiger partial charge in [-0.15, -0.1) is 0 Å². The summed E-state index contributed by atoms with van der Waals surface area (Å²) in [6.45, 7) is 6.38. The lowest BCUT2D eigenvalue weighted by Gasteiger charge is -2.26. The van der Waals surface area contributed by atoms with Crippen molar-refractivity contribution < 1.29 is 4.74 Å². The monoisotopic (exact) mass is 283 g/mol. The molecule has 2 aromatic carbocycles. The molecule has 2 atom stereocenters. The normalized spacial score (nSPS) is 13.8. The molecule has 2 heteroatoms. The van der Waals surface area contributed by atoms with Crippen molar-refractivity contribution in [3.05, 3.63) is 64.7 Å². The maximum Gasteiger partial charge on any atom is 0.126 e. The van der Waals surface area contributed by atoms with Crippen LogP contribution in [0.5, 0.6) is 5.75 Å². The third-order valence-electron chi connectivity index (χ3n) is 4.37. The van der Waals surface area contributed by atoms with Crippen molar-refractivity contribution in [2.75, 3.05) is 7.11 Å². The van der Waals surface area contributed by atoms with Gasteiger partial charge < -0.3 is 10.5 Å². The lowest BCUT2D eigenvalue weighted by Crippen LogP contribution is -2.20. The zero-order chi connectivity index (χ0) is 15.4. The van der Waals surface area contributed by atoms with Crippen LogP contribution in [0.25, 0.3) is 0 Å². The molecule has 0 saturated carbocycles. The van der Waals surface area contributed by atoms with Gasteiger partial charge in [-0.3, -0.25) is 0 Å². The largest absolute Gasteiger partial charge is 0.496 e. The maximum absolute atomic E-state index is 6.60. The second-order valence-corrected chi connectivity index (χ2v) is 5.58. The highest BCUT2D eigenvalue weighted by molar-refractivity contribution is 5.47. The van der Waals surface area contributed by atoms with Crippen LogP contribution in [0.1, 0.15) is 47.6 Å². The van der Waals surface area contributed by atoms with Crippen LogP contribution in [-0.4, -0.2) is 7.11 Å². The minimum atomic E-state index is -0.0633. The summed E-state index contributed by atoms with van der Waals surface area (Å²) < 4.78 is 5.63. The fourth-order valence-corrected chi connectivity index (χ4v) is 2.96. The molecule has 0 aliphatic rings. The molecule has 0 bridgehead atoms. The van der Waals surface area contributed by atoms with Crippen LogP contribution >= 0.6 is 0 Å². The molecule has 0 fully saturated rings. The molecule has 0 radical (unpaired) electrons. The van der Waals surface area contributed by atoms with Crippen molar-refractivity contribution in [1.29, 1.82) is 0 Å². The molecule has 0 saturated heterocycles. The van der Waals surface area contributed by atoms with Crippen molar-refractivity contribution in [3.63, 3.8) is 0 Å². The van der Waals surface area contributed by atoms with E-state index in [2.05, 4.69) is 57.2 Å². The van der Waals surface area contributed by atoms with Crippen LogP contribution in [0, 0.1) is 13.8 Å². The average Bonchev–Trinajstić information content (AvgIpc) is 2.51. The Morgan fingerprint density at radius 1 is 1.05 bits per heavy atom. The Kier molecular flexibility index (Phi) is 5.03. The molecule has 0 aliphatic carbocycles. The minimum absolute atomic E-state index is 0.0633. The van der Waals surface area contributed by atoms with E-state index < -0.39 is 0 Å². The van der Waals surface area contributed by atoms with Gasteiger partial charge in [0, 0.05) is 17.5 Å². The summed E-state index contributed by atoms with van der Waals surface area (Å²) >= 11 is 0. The van der Waals surface area contributed by atoms with Crippen LogP contribution in [0.15, 0.2) is 42.5 Å². The smallest absolute Gasteiger partial charge is 0.126 e. The van der Waals surface area contributed by atoms with E-state index in [-0.39, 0.29) is 6.04 Å². The Morgan fingerprint density at radius 3 is 2.29 bits per heavy atom. The molecule has 2 nitrogen and oxygen atoms in total. The van der Waals surface area contributed by atoms with Crippen LogP contribution < -0.4 is 10.5 Å². The number of nitrogens with two attached hydrogens (primary N) is 1. The highest BCUT2D eigenvalue weighted by Crippen LogP contribution is 2.38. The number of benzene rings is 2.